The van der Waals surface area contributed by atoms with E-state index in [9.17, 15) is 0 Å². The van der Waals surface area contributed by atoms with Crippen molar-refractivity contribution in [2.75, 3.05) is 6.26 Å². The van der Waals surface area contributed by atoms with E-state index in [1.54, 1.807) is 22.2 Å². The van der Waals surface area contributed by atoms with Crippen LogP contribution in [0.25, 0.3) is 0 Å². The summed E-state index contributed by atoms with van der Waals surface area (Å²) in [4.78, 5) is 0. The monoisotopic (exact) mass is 129 g/mol. The highest BCUT2D eigenvalue weighted by Crippen LogP contribution is 2.00. The van der Waals surface area contributed by atoms with Gasteiger partial charge in [0.15, 0.2) is 0 Å². The van der Waals surface area contributed by atoms with Crippen LogP contribution in [-0.4, -0.2) is 20.7 Å². The molecule has 3 nitrogen and oxygen atoms in total. The van der Waals surface area contributed by atoms with Crippen LogP contribution in [0.15, 0.2) is 6.20 Å². The van der Waals surface area contributed by atoms with Crippen LogP contribution >= 0.6 is 11.9 Å². The summed E-state index contributed by atoms with van der Waals surface area (Å²) >= 11 is 1.55. The van der Waals surface area contributed by atoms with E-state index < -0.39 is 0 Å². The first-order chi connectivity index (χ1) is 3.84. The number of hydrogen-bond donors (Lipinski definition) is 0. The highest BCUT2D eigenvalue weighted by Gasteiger charge is 1.91. The molecule has 0 fully saturated rings. The number of rotatable bonds is 1. The van der Waals surface area contributed by atoms with Crippen molar-refractivity contribution in [2.45, 2.75) is 6.92 Å². The smallest absolute Gasteiger partial charge is 0.0733 e. The van der Waals surface area contributed by atoms with Gasteiger partial charge in [0, 0.05) is 6.26 Å². The largest absolute Gasteiger partial charge is 0.191 e. The zero-order valence-corrected chi connectivity index (χ0v) is 5.64. The Morgan fingerprint density at radius 2 is 2.50 bits per heavy atom. The summed E-state index contributed by atoms with van der Waals surface area (Å²) < 4.78 is 1.76. The fraction of sp³-hybridized carbons (Fsp3) is 0.500. The van der Waals surface area contributed by atoms with E-state index in [1.807, 2.05) is 13.2 Å². The van der Waals surface area contributed by atoms with Crippen molar-refractivity contribution in [1.82, 2.24) is 14.4 Å². The summed E-state index contributed by atoms with van der Waals surface area (Å²) in [5.74, 6) is 0. The Morgan fingerprint density at radius 3 is 2.75 bits per heavy atom. The molecule has 1 aromatic heterocycles. The van der Waals surface area contributed by atoms with E-state index in [1.165, 1.54) is 0 Å². The van der Waals surface area contributed by atoms with E-state index >= 15 is 0 Å². The molecule has 8 heavy (non-hydrogen) atoms. The molecule has 0 atom stereocenters. The Morgan fingerprint density at radius 1 is 1.75 bits per heavy atom. The average molecular weight is 129 g/mol. The third-order valence-electron chi connectivity index (χ3n) is 0.852. The Hall–Kier alpha value is -0.510. The molecule has 0 bridgehead atoms. The molecule has 1 aromatic rings. The molecule has 0 aliphatic heterocycles. The molecule has 0 aromatic carbocycles. The lowest BCUT2D eigenvalue weighted by Gasteiger charge is -1.90. The lowest BCUT2D eigenvalue weighted by molar-refractivity contribution is 0.877. The van der Waals surface area contributed by atoms with Crippen molar-refractivity contribution in [1.29, 1.82) is 0 Å². The van der Waals surface area contributed by atoms with Gasteiger partial charge in [-0.25, -0.2) is 0 Å². The molecular formula is C4H7N3S. The molecule has 44 valence electrons. The lowest BCUT2D eigenvalue weighted by atomic mass is 10.6. The van der Waals surface area contributed by atoms with Crippen LogP contribution in [0.3, 0.4) is 0 Å². The van der Waals surface area contributed by atoms with Crippen molar-refractivity contribution in [2.24, 2.45) is 0 Å². The predicted octanol–water partition coefficient (Wildman–Crippen LogP) is 0.713. The average Bonchev–Trinajstić information content (AvgIpc) is 2.14. The third-order valence-corrected chi connectivity index (χ3v) is 1.56. The van der Waals surface area contributed by atoms with E-state index in [4.69, 9.17) is 0 Å². The van der Waals surface area contributed by atoms with Crippen LogP contribution in [0.4, 0.5) is 0 Å². The SMILES string of the molecule is CSn1nncc1C. The number of nitrogens with zero attached hydrogens (tertiary/aromatic N) is 3. The molecule has 1 rings (SSSR count). The van der Waals surface area contributed by atoms with Crippen LogP contribution in [0.1, 0.15) is 5.69 Å². The van der Waals surface area contributed by atoms with Crippen LogP contribution in [-0.2, 0) is 0 Å². The van der Waals surface area contributed by atoms with E-state index in [2.05, 4.69) is 10.3 Å². The molecule has 1 heterocycles. The maximum Gasteiger partial charge on any atom is 0.0733 e. The molecule has 0 aliphatic carbocycles. The maximum atomic E-state index is 3.76. The minimum absolute atomic E-state index is 1.08. The molecule has 0 unspecified atom stereocenters. The predicted molar refractivity (Wildman–Crippen MR) is 33.7 cm³/mol. The van der Waals surface area contributed by atoms with Crippen molar-refractivity contribution >= 4 is 11.9 Å². The molecule has 0 N–H and O–H groups in total. The second kappa shape index (κ2) is 2.17. The Bertz CT molecular complexity index is 172. The van der Waals surface area contributed by atoms with Crippen LogP contribution in [0.5, 0.6) is 0 Å². The Balaban J connectivity index is 2.92. The molecule has 0 amide bonds. The molecule has 0 spiro atoms. The van der Waals surface area contributed by atoms with Gasteiger partial charge in [-0.3, -0.25) is 0 Å². The molecule has 0 saturated heterocycles. The fourth-order valence-electron chi connectivity index (χ4n) is 0.457. The Kier molecular flexibility index (Phi) is 1.53. The van der Waals surface area contributed by atoms with E-state index in [-0.39, 0.29) is 0 Å². The molecule has 0 aliphatic rings. The van der Waals surface area contributed by atoms with Gasteiger partial charge in [0.05, 0.1) is 11.9 Å². The molecular weight excluding hydrogens is 122 g/mol. The second-order valence-electron chi connectivity index (χ2n) is 1.43. The van der Waals surface area contributed by atoms with Gasteiger partial charge in [-0.15, -0.1) is 5.10 Å². The summed E-state index contributed by atoms with van der Waals surface area (Å²) in [5.41, 5.74) is 1.08. The van der Waals surface area contributed by atoms with Gasteiger partial charge in [-0.05, 0) is 18.9 Å². The van der Waals surface area contributed by atoms with Gasteiger partial charge in [-0.2, -0.15) is 4.09 Å². The van der Waals surface area contributed by atoms with Gasteiger partial charge in [0.25, 0.3) is 0 Å². The summed E-state index contributed by atoms with van der Waals surface area (Å²) in [5, 5.41) is 7.45. The fourth-order valence-corrected chi connectivity index (χ4v) is 0.907. The lowest BCUT2D eigenvalue weighted by Crippen LogP contribution is -1.88. The highest BCUT2D eigenvalue weighted by atomic mass is 32.2. The molecule has 4 heteroatoms. The second-order valence-corrected chi connectivity index (χ2v) is 2.14. The van der Waals surface area contributed by atoms with Crippen LogP contribution < -0.4 is 0 Å². The zero-order valence-electron chi connectivity index (χ0n) is 4.83. The van der Waals surface area contributed by atoms with Gasteiger partial charge in [-0.1, -0.05) is 5.21 Å². The molecule has 0 saturated carbocycles. The minimum atomic E-state index is 1.08. The first-order valence-corrected chi connectivity index (χ1v) is 3.44. The number of hydrogen-bond acceptors (Lipinski definition) is 3. The van der Waals surface area contributed by atoms with Crippen molar-refractivity contribution in [3.05, 3.63) is 11.9 Å². The minimum Gasteiger partial charge on any atom is -0.191 e. The first-order valence-electron chi connectivity index (χ1n) is 2.26. The quantitative estimate of drug-likeness (QED) is 0.559. The van der Waals surface area contributed by atoms with Crippen molar-refractivity contribution in [3.8, 4) is 0 Å². The summed E-state index contributed by atoms with van der Waals surface area (Å²) in [6.45, 7) is 1.97. The summed E-state index contributed by atoms with van der Waals surface area (Å²) in [6, 6.07) is 0. The topological polar surface area (TPSA) is 30.7 Å². The maximum absolute atomic E-state index is 3.76. The Labute approximate surface area is 52.2 Å². The van der Waals surface area contributed by atoms with Crippen LogP contribution in [0.2, 0.25) is 0 Å². The van der Waals surface area contributed by atoms with Gasteiger partial charge in [0.1, 0.15) is 0 Å². The summed E-state index contributed by atoms with van der Waals surface area (Å²) in [7, 11) is 0. The van der Waals surface area contributed by atoms with Gasteiger partial charge in [0.2, 0.25) is 0 Å². The first kappa shape index (κ1) is 5.62. The number of aryl methyl sites for hydroxylation is 1. The summed E-state index contributed by atoms with van der Waals surface area (Å²) in [6.07, 6.45) is 3.69. The van der Waals surface area contributed by atoms with Gasteiger partial charge < -0.3 is 0 Å². The molecule has 0 radical (unpaired) electrons. The van der Waals surface area contributed by atoms with Crippen molar-refractivity contribution in [3.63, 3.8) is 0 Å². The number of aromatic nitrogens is 3. The standard InChI is InChI=1S/C4H7N3S/c1-4-3-5-6-7(4)8-2/h3H,1-2H3. The van der Waals surface area contributed by atoms with E-state index in [0.29, 0.717) is 0 Å². The van der Waals surface area contributed by atoms with Gasteiger partial charge >= 0.3 is 0 Å². The normalized spacial score (nSPS) is 9.75. The highest BCUT2D eigenvalue weighted by molar-refractivity contribution is 7.97. The van der Waals surface area contributed by atoms with Crippen LogP contribution in [0, 0.1) is 6.92 Å². The third kappa shape index (κ3) is 0.838. The van der Waals surface area contributed by atoms with E-state index in [0.717, 1.165) is 5.69 Å². The van der Waals surface area contributed by atoms with Crippen molar-refractivity contribution < 1.29 is 0 Å². The zero-order chi connectivity index (χ0) is 5.98.